The van der Waals surface area contributed by atoms with Crippen LogP contribution in [0.4, 0.5) is 5.69 Å². The fourth-order valence-electron chi connectivity index (χ4n) is 1.88. The molecule has 2 aromatic carbocycles. The van der Waals surface area contributed by atoms with Gasteiger partial charge in [0.15, 0.2) is 11.5 Å². The van der Waals surface area contributed by atoms with Crippen LogP contribution >= 0.6 is 11.8 Å². The predicted molar refractivity (Wildman–Crippen MR) is 85.2 cm³/mol. The van der Waals surface area contributed by atoms with E-state index in [0.29, 0.717) is 6.61 Å². The Kier molecular flexibility index (Phi) is 5.62. The van der Waals surface area contributed by atoms with Crippen molar-refractivity contribution < 1.29 is 9.47 Å². The number of rotatable bonds is 7. The van der Waals surface area contributed by atoms with Crippen LogP contribution < -0.4 is 14.8 Å². The number of hydrogen-bond acceptors (Lipinski definition) is 4. The van der Waals surface area contributed by atoms with Gasteiger partial charge in [0.1, 0.15) is 6.61 Å². The van der Waals surface area contributed by atoms with E-state index < -0.39 is 0 Å². The second kappa shape index (κ2) is 7.70. The van der Waals surface area contributed by atoms with Gasteiger partial charge in [0.05, 0.1) is 7.11 Å². The Morgan fingerprint density at radius 2 is 1.70 bits per heavy atom. The third-order valence-electron chi connectivity index (χ3n) is 2.85. The van der Waals surface area contributed by atoms with Crippen molar-refractivity contribution in [3.8, 4) is 11.5 Å². The molecule has 0 aliphatic heterocycles. The van der Waals surface area contributed by atoms with E-state index in [0.717, 1.165) is 23.7 Å². The van der Waals surface area contributed by atoms with E-state index in [1.165, 1.54) is 4.90 Å². The lowest BCUT2D eigenvalue weighted by atomic mass is 10.3. The van der Waals surface area contributed by atoms with Crippen LogP contribution in [0.1, 0.15) is 0 Å². The molecule has 106 valence electrons. The zero-order valence-corrected chi connectivity index (χ0v) is 12.6. The van der Waals surface area contributed by atoms with Gasteiger partial charge in [-0.3, -0.25) is 0 Å². The lowest BCUT2D eigenvalue weighted by Gasteiger charge is -2.12. The van der Waals surface area contributed by atoms with Crippen molar-refractivity contribution in [2.45, 2.75) is 4.90 Å². The van der Waals surface area contributed by atoms with Crippen LogP contribution in [0.2, 0.25) is 0 Å². The maximum Gasteiger partial charge on any atom is 0.161 e. The van der Waals surface area contributed by atoms with Gasteiger partial charge in [-0.2, -0.15) is 0 Å². The number of hydrogen-bond donors (Lipinski definition) is 1. The van der Waals surface area contributed by atoms with Gasteiger partial charge in [0.25, 0.3) is 0 Å². The summed E-state index contributed by atoms with van der Waals surface area (Å²) in [6.45, 7) is 1.33. The SMILES string of the molecule is COc1ccccc1OCCNc1ccccc1SC. The van der Waals surface area contributed by atoms with Crippen LogP contribution in [0.15, 0.2) is 53.4 Å². The van der Waals surface area contributed by atoms with E-state index in [9.17, 15) is 0 Å². The van der Waals surface area contributed by atoms with Gasteiger partial charge in [0.2, 0.25) is 0 Å². The van der Waals surface area contributed by atoms with Crippen LogP contribution in [0.3, 0.4) is 0 Å². The third kappa shape index (κ3) is 3.84. The number of benzene rings is 2. The van der Waals surface area contributed by atoms with E-state index in [1.54, 1.807) is 18.9 Å². The van der Waals surface area contributed by atoms with Gasteiger partial charge < -0.3 is 14.8 Å². The normalized spacial score (nSPS) is 10.1. The molecule has 0 radical (unpaired) electrons. The van der Waals surface area contributed by atoms with Gasteiger partial charge in [0, 0.05) is 17.1 Å². The highest BCUT2D eigenvalue weighted by molar-refractivity contribution is 7.98. The average Bonchev–Trinajstić information content (AvgIpc) is 2.52. The van der Waals surface area contributed by atoms with Gasteiger partial charge in [-0.15, -0.1) is 11.8 Å². The van der Waals surface area contributed by atoms with Crippen LogP contribution in [0.25, 0.3) is 0 Å². The van der Waals surface area contributed by atoms with E-state index >= 15 is 0 Å². The minimum absolute atomic E-state index is 0.586. The van der Waals surface area contributed by atoms with Gasteiger partial charge in [-0.25, -0.2) is 0 Å². The van der Waals surface area contributed by atoms with E-state index in [1.807, 2.05) is 36.4 Å². The summed E-state index contributed by atoms with van der Waals surface area (Å²) in [4.78, 5) is 1.24. The van der Waals surface area contributed by atoms with Crippen molar-refractivity contribution in [3.05, 3.63) is 48.5 Å². The van der Waals surface area contributed by atoms with Crippen LogP contribution in [-0.2, 0) is 0 Å². The molecule has 0 aliphatic carbocycles. The summed E-state index contributed by atoms with van der Waals surface area (Å²) in [5, 5.41) is 3.39. The minimum atomic E-state index is 0.586. The van der Waals surface area contributed by atoms with Crippen molar-refractivity contribution >= 4 is 17.4 Å². The summed E-state index contributed by atoms with van der Waals surface area (Å²) < 4.78 is 11.0. The standard InChI is InChI=1S/C16H19NO2S/c1-18-14-8-4-5-9-15(14)19-12-11-17-13-7-3-6-10-16(13)20-2/h3-10,17H,11-12H2,1-2H3. The largest absolute Gasteiger partial charge is 0.493 e. The molecule has 0 aromatic heterocycles. The molecule has 4 heteroatoms. The van der Waals surface area contributed by atoms with Crippen LogP contribution in [0, 0.1) is 0 Å². The Hall–Kier alpha value is -1.81. The molecule has 0 spiro atoms. The summed E-state index contributed by atoms with van der Waals surface area (Å²) >= 11 is 1.73. The summed E-state index contributed by atoms with van der Waals surface area (Å²) in [6, 6.07) is 15.9. The van der Waals surface area contributed by atoms with Gasteiger partial charge >= 0.3 is 0 Å². The molecule has 0 atom stereocenters. The van der Waals surface area contributed by atoms with Crippen molar-refractivity contribution in [1.82, 2.24) is 0 Å². The number of ether oxygens (including phenoxy) is 2. The topological polar surface area (TPSA) is 30.5 Å². The molecule has 0 amide bonds. The molecule has 2 rings (SSSR count). The summed E-state index contributed by atoms with van der Waals surface area (Å²) in [7, 11) is 1.65. The van der Waals surface area contributed by atoms with E-state index in [-0.39, 0.29) is 0 Å². The highest BCUT2D eigenvalue weighted by Crippen LogP contribution is 2.26. The predicted octanol–water partition coefficient (Wildman–Crippen LogP) is 3.91. The van der Waals surface area contributed by atoms with Crippen molar-refractivity contribution in [2.75, 3.05) is 31.8 Å². The summed E-state index contributed by atoms with van der Waals surface area (Å²) in [6.07, 6.45) is 2.08. The third-order valence-corrected chi connectivity index (χ3v) is 3.65. The number of thioether (sulfide) groups is 1. The van der Waals surface area contributed by atoms with Crippen LogP contribution in [-0.4, -0.2) is 26.5 Å². The molecule has 0 saturated carbocycles. The molecule has 0 saturated heterocycles. The molecule has 3 nitrogen and oxygen atoms in total. The fraction of sp³-hybridized carbons (Fsp3) is 0.250. The quantitative estimate of drug-likeness (QED) is 0.618. The maximum absolute atomic E-state index is 5.73. The number of nitrogens with one attached hydrogen (secondary N) is 1. The molecule has 0 fully saturated rings. The second-order valence-electron chi connectivity index (χ2n) is 4.13. The highest BCUT2D eigenvalue weighted by atomic mass is 32.2. The van der Waals surface area contributed by atoms with Crippen molar-refractivity contribution in [1.29, 1.82) is 0 Å². The Bertz CT molecular complexity index is 496. The first-order valence-electron chi connectivity index (χ1n) is 6.48. The van der Waals surface area contributed by atoms with Crippen molar-refractivity contribution in [3.63, 3.8) is 0 Å². The summed E-state index contributed by atoms with van der Waals surface area (Å²) in [5.74, 6) is 1.53. The van der Waals surface area contributed by atoms with E-state index in [2.05, 4.69) is 23.7 Å². The molecule has 0 aliphatic rings. The molecular weight excluding hydrogens is 270 g/mol. The first kappa shape index (κ1) is 14.6. The Labute approximate surface area is 124 Å². The Balaban J connectivity index is 1.84. The Morgan fingerprint density at radius 1 is 1.00 bits per heavy atom. The lowest BCUT2D eigenvalue weighted by Crippen LogP contribution is -2.12. The maximum atomic E-state index is 5.73. The van der Waals surface area contributed by atoms with Gasteiger partial charge in [-0.05, 0) is 30.5 Å². The van der Waals surface area contributed by atoms with E-state index in [4.69, 9.17) is 9.47 Å². The molecule has 2 aromatic rings. The molecular formula is C16H19NO2S. The average molecular weight is 289 g/mol. The molecule has 0 bridgehead atoms. The summed E-state index contributed by atoms with van der Waals surface area (Å²) in [5.41, 5.74) is 1.14. The second-order valence-corrected chi connectivity index (χ2v) is 4.97. The molecule has 20 heavy (non-hydrogen) atoms. The fourth-order valence-corrected chi connectivity index (χ4v) is 2.45. The first-order chi connectivity index (χ1) is 9.85. The van der Waals surface area contributed by atoms with Gasteiger partial charge in [-0.1, -0.05) is 24.3 Å². The molecule has 0 unspecified atom stereocenters. The van der Waals surface area contributed by atoms with Crippen LogP contribution in [0.5, 0.6) is 11.5 Å². The number of para-hydroxylation sites is 3. The highest BCUT2D eigenvalue weighted by Gasteiger charge is 2.02. The van der Waals surface area contributed by atoms with Crippen molar-refractivity contribution in [2.24, 2.45) is 0 Å². The number of methoxy groups -OCH3 is 1. The zero-order valence-electron chi connectivity index (χ0n) is 11.8. The molecule has 0 heterocycles. The number of anilines is 1. The Morgan fingerprint density at radius 3 is 2.45 bits per heavy atom. The lowest BCUT2D eigenvalue weighted by molar-refractivity contribution is 0.306. The molecule has 1 N–H and O–H groups in total. The first-order valence-corrected chi connectivity index (χ1v) is 7.70. The minimum Gasteiger partial charge on any atom is -0.493 e. The monoisotopic (exact) mass is 289 g/mol. The zero-order chi connectivity index (χ0) is 14.2. The smallest absolute Gasteiger partial charge is 0.161 e.